The minimum atomic E-state index is 0.335. The molecule has 4 heteroatoms. The third-order valence-corrected chi connectivity index (χ3v) is 4.27. The second kappa shape index (κ2) is 7.30. The monoisotopic (exact) mass is 296 g/mol. The summed E-state index contributed by atoms with van der Waals surface area (Å²) in [7, 11) is 0. The molecule has 0 amide bonds. The predicted octanol–water partition coefficient (Wildman–Crippen LogP) is 3.26. The van der Waals surface area contributed by atoms with Crippen LogP contribution in [0, 0.1) is 5.92 Å². The zero-order valence-electron chi connectivity index (χ0n) is 12.4. The highest BCUT2D eigenvalue weighted by Crippen LogP contribution is 2.24. The second-order valence-electron chi connectivity index (χ2n) is 6.01. The molecule has 0 aromatic heterocycles. The Morgan fingerprint density at radius 3 is 2.90 bits per heavy atom. The smallest absolute Gasteiger partial charge is 0.120 e. The SMILES string of the molecule is CC(C)N(Cc1cc(Cl)ccc1O)CC1CCCNC1. The average molecular weight is 297 g/mol. The summed E-state index contributed by atoms with van der Waals surface area (Å²) in [6.45, 7) is 8.48. The van der Waals surface area contributed by atoms with Crippen LogP contribution in [-0.2, 0) is 6.54 Å². The Hall–Kier alpha value is -0.770. The first kappa shape index (κ1) is 15.6. The zero-order chi connectivity index (χ0) is 14.5. The van der Waals surface area contributed by atoms with Crippen LogP contribution < -0.4 is 5.32 Å². The summed E-state index contributed by atoms with van der Waals surface area (Å²) < 4.78 is 0. The number of hydrogen-bond acceptors (Lipinski definition) is 3. The number of rotatable bonds is 5. The molecule has 0 bridgehead atoms. The Kier molecular flexibility index (Phi) is 5.70. The quantitative estimate of drug-likeness (QED) is 0.875. The molecule has 0 radical (unpaired) electrons. The van der Waals surface area contributed by atoms with Crippen LogP contribution in [0.25, 0.3) is 0 Å². The number of phenolic OH excluding ortho intramolecular Hbond substituents is 1. The Bertz CT molecular complexity index is 430. The van der Waals surface area contributed by atoms with Crippen LogP contribution in [0.3, 0.4) is 0 Å². The van der Waals surface area contributed by atoms with E-state index in [1.54, 1.807) is 12.1 Å². The molecule has 1 fully saturated rings. The minimum absolute atomic E-state index is 0.335. The van der Waals surface area contributed by atoms with Gasteiger partial charge in [-0.15, -0.1) is 0 Å². The Morgan fingerprint density at radius 1 is 1.45 bits per heavy atom. The number of aromatic hydroxyl groups is 1. The normalized spacial score (nSPS) is 19.8. The highest BCUT2D eigenvalue weighted by Gasteiger charge is 2.20. The summed E-state index contributed by atoms with van der Waals surface area (Å²) in [6.07, 6.45) is 2.55. The van der Waals surface area contributed by atoms with Crippen LogP contribution in [0.1, 0.15) is 32.3 Å². The van der Waals surface area contributed by atoms with E-state index >= 15 is 0 Å². The maximum atomic E-state index is 9.97. The van der Waals surface area contributed by atoms with Gasteiger partial charge in [0.05, 0.1) is 0 Å². The van der Waals surface area contributed by atoms with Crippen LogP contribution in [0.15, 0.2) is 18.2 Å². The fourth-order valence-electron chi connectivity index (χ4n) is 2.77. The van der Waals surface area contributed by atoms with Gasteiger partial charge in [0.2, 0.25) is 0 Å². The first-order valence-electron chi connectivity index (χ1n) is 7.48. The van der Waals surface area contributed by atoms with Crippen molar-refractivity contribution in [3.8, 4) is 5.75 Å². The van der Waals surface area contributed by atoms with Crippen molar-refractivity contribution >= 4 is 11.6 Å². The molecule has 3 nitrogen and oxygen atoms in total. The van der Waals surface area contributed by atoms with E-state index in [0.717, 1.165) is 31.7 Å². The van der Waals surface area contributed by atoms with Gasteiger partial charge >= 0.3 is 0 Å². The summed E-state index contributed by atoms with van der Waals surface area (Å²) in [5.74, 6) is 1.04. The van der Waals surface area contributed by atoms with Crippen molar-refractivity contribution in [1.82, 2.24) is 10.2 Å². The molecule has 0 saturated carbocycles. The number of nitrogens with one attached hydrogen (secondary N) is 1. The van der Waals surface area contributed by atoms with Gasteiger partial charge in [-0.05, 0) is 63.9 Å². The fraction of sp³-hybridized carbons (Fsp3) is 0.625. The molecule has 1 aliphatic rings. The molecule has 1 saturated heterocycles. The zero-order valence-corrected chi connectivity index (χ0v) is 13.2. The first-order chi connectivity index (χ1) is 9.56. The molecule has 20 heavy (non-hydrogen) atoms. The molecule has 0 aliphatic carbocycles. The van der Waals surface area contributed by atoms with E-state index in [1.807, 2.05) is 6.07 Å². The lowest BCUT2D eigenvalue weighted by atomic mass is 9.98. The summed E-state index contributed by atoms with van der Waals surface area (Å²) in [5.41, 5.74) is 0.912. The van der Waals surface area contributed by atoms with Crippen molar-refractivity contribution in [2.75, 3.05) is 19.6 Å². The number of hydrogen-bond donors (Lipinski definition) is 2. The van der Waals surface area contributed by atoms with Gasteiger partial charge in [0.15, 0.2) is 0 Å². The van der Waals surface area contributed by atoms with Gasteiger partial charge in [0.1, 0.15) is 5.75 Å². The van der Waals surface area contributed by atoms with Crippen molar-refractivity contribution in [1.29, 1.82) is 0 Å². The van der Waals surface area contributed by atoms with Crippen LogP contribution in [0.4, 0.5) is 0 Å². The fourth-order valence-corrected chi connectivity index (χ4v) is 2.96. The van der Waals surface area contributed by atoms with Gasteiger partial charge in [0, 0.05) is 29.7 Å². The summed E-state index contributed by atoms with van der Waals surface area (Å²) in [4.78, 5) is 2.42. The second-order valence-corrected chi connectivity index (χ2v) is 6.45. The third-order valence-electron chi connectivity index (χ3n) is 4.04. The average Bonchev–Trinajstić information content (AvgIpc) is 2.43. The number of nitrogens with zero attached hydrogens (tertiary/aromatic N) is 1. The maximum absolute atomic E-state index is 9.97. The standard InChI is InChI=1S/C16H25ClN2O/c1-12(2)19(10-13-4-3-7-18-9-13)11-14-8-15(17)5-6-16(14)20/h5-6,8,12-13,18,20H,3-4,7,9-11H2,1-2H3. The van der Waals surface area contributed by atoms with Crippen LogP contribution >= 0.6 is 11.6 Å². The van der Waals surface area contributed by atoms with Crippen LogP contribution in [0.2, 0.25) is 5.02 Å². The van der Waals surface area contributed by atoms with Gasteiger partial charge in [0.25, 0.3) is 0 Å². The van der Waals surface area contributed by atoms with Gasteiger partial charge in [-0.2, -0.15) is 0 Å². The molecule has 112 valence electrons. The lowest BCUT2D eigenvalue weighted by Gasteiger charge is -2.33. The van der Waals surface area contributed by atoms with Crippen molar-refractivity contribution in [3.63, 3.8) is 0 Å². The Morgan fingerprint density at radius 2 is 2.25 bits per heavy atom. The number of phenols is 1. The summed E-state index contributed by atoms with van der Waals surface area (Å²) in [6, 6.07) is 5.73. The largest absolute Gasteiger partial charge is 0.508 e. The topological polar surface area (TPSA) is 35.5 Å². The van der Waals surface area contributed by atoms with Gasteiger partial charge in [-0.25, -0.2) is 0 Å². The lowest BCUT2D eigenvalue weighted by molar-refractivity contribution is 0.162. The van der Waals surface area contributed by atoms with E-state index in [0.29, 0.717) is 22.7 Å². The molecule has 2 rings (SSSR count). The Balaban J connectivity index is 2.02. The number of benzene rings is 1. The maximum Gasteiger partial charge on any atom is 0.120 e. The Labute approximate surface area is 126 Å². The first-order valence-corrected chi connectivity index (χ1v) is 7.86. The molecule has 1 aromatic rings. The van der Waals surface area contributed by atoms with E-state index in [2.05, 4.69) is 24.1 Å². The molecule has 1 heterocycles. The molecule has 1 unspecified atom stereocenters. The molecule has 2 N–H and O–H groups in total. The van der Waals surface area contributed by atoms with Crippen LogP contribution in [-0.4, -0.2) is 35.7 Å². The van der Waals surface area contributed by atoms with E-state index in [4.69, 9.17) is 11.6 Å². The van der Waals surface area contributed by atoms with Gasteiger partial charge in [-0.1, -0.05) is 11.6 Å². The minimum Gasteiger partial charge on any atom is -0.508 e. The van der Waals surface area contributed by atoms with E-state index in [-0.39, 0.29) is 0 Å². The van der Waals surface area contributed by atoms with Crippen molar-refractivity contribution < 1.29 is 5.11 Å². The molecule has 1 atom stereocenters. The van der Waals surface area contributed by atoms with E-state index < -0.39 is 0 Å². The third kappa shape index (κ3) is 4.37. The van der Waals surface area contributed by atoms with Gasteiger partial charge < -0.3 is 10.4 Å². The number of piperidine rings is 1. The predicted molar refractivity (Wildman–Crippen MR) is 84.3 cm³/mol. The molecular weight excluding hydrogens is 272 g/mol. The molecule has 1 aliphatic heterocycles. The molecular formula is C16H25ClN2O. The van der Waals surface area contributed by atoms with E-state index in [9.17, 15) is 5.11 Å². The highest BCUT2D eigenvalue weighted by molar-refractivity contribution is 6.30. The van der Waals surface area contributed by atoms with Crippen molar-refractivity contribution in [2.45, 2.75) is 39.3 Å². The lowest BCUT2D eigenvalue weighted by Crippen LogP contribution is -2.40. The molecule has 0 spiro atoms. The van der Waals surface area contributed by atoms with Crippen molar-refractivity contribution in [2.24, 2.45) is 5.92 Å². The van der Waals surface area contributed by atoms with E-state index in [1.165, 1.54) is 12.8 Å². The van der Waals surface area contributed by atoms with Gasteiger partial charge in [-0.3, -0.25) is 4.90 Å². The summed E-state index contributed by atoms with van der Waals surface area (Å²) >= 11 is 6.03. The van der Waals surface area contributed by atoms with Crippen molar-refractivity contribution in [3.05, 3.63) is 28.8 Å². The number of halogens is 1. The summed E-state index contributed by atoms with van der Waals surface area (Å²) in [5, 5.41) is 14.1. The van der Waals surface area contributed by atoms with Crippen LogP contribution in [0.5, 0.6) is 5.75 Å². The molecule has 1 aromatic carbocycles. The highest BCUT2D eigenvalue weighted by atomic mass is 35.5.